The van der Waals surface area contributed by atoms with Gasteiger partial charge in [0.05, 0.1) is 4.92 Å². The average molecular weight is 278 g/mol. The molecule has 3 N–H and O–H groups in total. The molecule has 0 spiro atoms. The van der Waals surface area contributed by atoms with Gasteiger partial charge in [-0.15, -0.1) is 0 Å². The summed E-state index contributed by atoms with van der Waals surface area (Å²) in [7, 11) is 0. The summed E-state index contributed by atoms with van der Waals surface area (Å²) in [4.78, 5) is 12.9. The van der Waals surface area contributed by atoms with E-state index in [-0.39, 0.29) is 5.69 Å². The first kappa shape index (κ1) is 14.7. The van der Waals surface area contributed by atoms with Gasteiger partial charge in [0.25, 0.3) is 5.69 Å². The molecule has 20 heavy (non-hydrogen) atoms. The number of nitro groups is 1. The van der Waals surface area contributed by atoms with Crippen LogP contribution in [-0.2, 0) is 6.54 Å². The first-order valence-electron chi connectivity index (χ1n) is 6.99. The lowest BCUT2D eigenvalue weighted by Gasteiger charge is -2.36. The number of hydrogen-bond acceptors (Lipinski definition) is 5. The monoisotopic (exact) mass is 278 g/mol. The van der Waals surface area contributed by atoms with Crippen LogP contribution in [0.25, 0.3) is 0 Å². The molecule has 1 aromatic carbocycles. The molecule has 1 saturated heterocycles. The van der Waals surface area contributed by atoms with Gasteiger partial charge in [0.2, 0.25) is 0 Å². The van der Waals surface area contributed by atoms with Crippen molar-refractivity contribution in [2.45, 2.75) is 39.3 Å². The number of anilines is 1. The summed E-state index contributed by atoms with van der Waals surface area (Å²) in [5.74, 6) is 6.15. The van der Waals surface area contributed by atoms with Gasteiger partial charge < -0.3 is 5.43 Å². The number of likely N-dealkylation sites (tertiary alicyclic amines) is 1. The molecule has 2 rings (SSSR count). The highest BCUT2D eigenvalue weighted by Gasteiger charge is 2.23. The summed E-state index contributed by atoms with van der Waals surface area (Å²) in [6, 6.07) is 5.64. The second-order valence-corrected chi connectivity index (χ2v) is 5.70. The van der Waals surface area contributed by atoms with Gasteiger partial charge in [-0.3, -0.25) is 20.9 Å². The number of nitrogens with one attached hydrogen (secondary N) is 1. The van der Waals surface area contributed by atoms with Crippen LogP contribution in [0.2, 0.25) is 0 Å². The smallest absolute Gasteiger partial charge is 0.293 e. The molecule has 1 heterocycles. The van der Waals surface area contributed by atoms with E-state index in [0.29, 0.717) is 11.7 Å². The molecule has 6 heteroatoms. The fraction of sp³-hybridized carbons (Fsp3) is 0.571. The molecule has 110 valence electrons. The SMILES string of the molecule is CC1CCN(Cc2ccc([N+](=O)[O-])c(NN)c2)C(C)C1. The predicted molar refractivity (Wildman–Crippen MR) is 79.2 cm³/mol. The van der Waals surface area contributed by atoms with Crippen LogP contribution in [-0.4, -0.2) is 22.4 Å². The summed E-state index contributed by atoms with van der Waals surface area (Å²) < 4.78 is 0. The zero-order chi connectivity index (χ0) is 14.7. The van der Waals surface area contributed by atoms with E-state index in [4.69, 9.17) is 5.84 Å². The minimum Gasteiger partial charge on any atom is -0.318 e. The third kappa shape index (κ3) is 3.26. The van der Waals surface area contributed by atoms with Crippen LogP contribution in [0.1, 0.15) is 32.3 Å². The second-order valence-electron chi connectivity index (χ2n) is 5.70. The number of nitrogens with two attached hydrogens (primary N) is 1. The first-order valence-corrected chi connectivity index (χ1v) is 6.99. The lowest BCUT2D eigenvalue weighted by molar-refractivity contribution is -0.384. The maximum atomic E-state index is 10.9. The van der Waals surface area contributed by atoms with E-state index >= 15 is 0 Å². The van der Waals surface area contributed by atoms with Crippen molar-refractivity contribution < 1.29 is 4.92 Å². The van der Waals surface area contributed by atoms with E-state index in [0.717, 1.165) is 24.6 Å². The Morgan fingerprint density at radius 2 is 2.25 bits per heavy atom. The molecule has 1 aliphatic heterocycles. The second kappa shape index (κ2) is 6.19. The maximum Gasteiger partial charge on any atom is 0.293 e. The lowest BCUT2D eigenvalue weighted by Crippen LogP contribution is -2.39. The van der Waals surface area contributed by atoms with Crippen molar-refractivity contribution >= 4 is 11.4 Å². The van der Waals surface area contributed by atoms with E-state index in [9.17, 15) is 10.1 Å². The van der Waals surface area contributed by atoms with Gasteiger partial charge >= 0.3 is 0 Å². The Morgan fingerprint density at radius 3 is 2.85 bits per heavy atom. The molecule has 6 nitrogen and oxygen atoms in total. The highest BCUT2D eigenvalue weighted by atomic mass is 16.6. The molecule has 0 amide bonds. The van der Waals surface area contributed by atoms with Gasteiger partial charge in [0, 0.05) is 18.7 Å². The lowest BCUT2D eigenvalue weighted by atomic mass is 9.93. The number of nitro benzene ring substituents is 1. The summed E-state index contributed by atoms with van der Waals surface area (Å²) >= 11 is 0. The maximum absolute atomic E-state index is 10.9. The Bertz CT molecular complexity index is 492. The summed E-state index contributed by atoms with van der Waals surface area (Å²) in [5.41, 5.74) is 3.84. The van der Waals surface area contributed by atoms with Crippen LogP contribution in [0.3, 0.4) is 0 Å². The molecule has 1 aromatic rings. The van der Waals surface area contributed by atoms with Crippen molar-refractivity contribution in [2.24, 2.45) is 11.8 Å². The van der Waals surface area contributed by atoms with E-state index in [1.54, 1.807) is 6.07 Å². The van der Waals surface area contributed by atoms with Crippen molar-refractivity contribution in [1.29, 1.82) is 0 Å². The number of hydrogen-bond donors (Lipinski definition) is 2. The Kier molecular flexibility index (Phi) is 4.57. The number of rotatable bonds is 4. The van der Waals surface area contributed by atoms with Crippen molar-refractivity contribution in [2.75, 3.05) is 12.0 Å². The number of hydrazine groups is 1. The van der Waals surface area contributed by atoms with Gasteiger partial charge in [-0.1, -0.05) is 13.0 Å². The molecule has 0 aliphatic carbocycles. The fourth-order valence-corrected chi connectivity index (χ4v) is 2.88. The third-order valence-corrected chi connectivity index (χ3v) is 4.07. The minimum absolute atomic E-state index is 0.0107. The Labute approximate surface area is 119 Å². The van der Waals surface area contributed by atoms with Gasteiger partial charge in [0.1, 0.15) is 5.69 Å². The molecule has 0 radical (unpaired) electrons. The quantitative estimate of drug-likeness (QED) is 0.502. The van der Waals surface area contributed by atoms with E-state index in [2.05, 4.69) is 24.2 Å². The summed E-state index contributed by atoms with van der Waals surface area (Å²) in [6.07, 6.45) is 2.41. The van der Waals surface area contributed by atoms with Crippen LogP contribution in [0.4, 0.5) is 11.4 Å². The molecule has 1 fully saturated rings. The standard InChI is InChI=1S/C14H22N4O2/c1-10-5-6-17(11(2)7-10)9-12-3-4-14(18(19)20)13(8-12)16-15/h3-4,8,10-11,16H,5-7,9,15H2,1-2H3. The van der Waals surface area contributed by atoms with Crippen molar-refractivity contribution in [3.05, 3.63) is 33.9 Å². The fourth-order valence-electron chi connectivity index (χ4n) is 2.88. The Hall–Kier alpha value is -1.66. The van der Waals surface area contributed by atoms with Gasteiger partial charge in [-0.05, 0) is 43.9 Å². The average Bonchev–Trinajstić information content (AvgIpc) is 2.41. The van der Waals surface area contributed by atoms with Crippen LogP contribution in [0.5, 0.6) is 0 Å². The van der Waals surface area contributed by atoms with Crippen molar-refractivity contribution in [3.8, 4) is 0 Å². The molecule has 0 bridgehead atoms. The predicted octanol–water partition coefficient (Wildman–Crippen LogP) is 2.50. The van der Waals surface area contributed by atoms with E-state index < -0.39 is 4.92 Å². The molecular formula is C14H22N4O2. The number of nitrogen functional groups attached to an aromatic ring is 1. The van der Waals surface area contributed by atoms with Gasteiger partial charge in [-0.2, -0.15) is 0 Å². The summed E-state index contributed by atoms with van der Waals surface area (Å²) in [6.45, 7) is 6.41. The zero-order valence-electron chi connectivity index (χ0n) is 12.0. The van der Waals surface area contributed by atoms with Crippen LogP contribution in [0, 0.1) is 16.0 Å². The Balaban J connectivity index is 2.12. The highest BCUT2D eigenvalue weighted by molar-refractivity contribution is 5.62. The van der Waals surface area contributed by atoms with Gasteiger partial charge in [-0.25, -0.2) is 0 Å². The first-order chi connectivity index (χ1) is 9.51. The molecular weight excluding hydrogens is 256 g/mol. The van der Waals surface area contributed by atoms with E-state index in [1.807, 2.05) is 6.07 Å². The molecule has 0 saturated carbocycles. The van der Waals surface area contributed by atoms with Crippen LogP contribution >= 0.6 is 0 Å². The summed E-state index contributed by atoms with van der Waals surface area (Å²) in [5, 5.41) is 10.9. The Morgan fingerprint density at radius 1 is 1.50 bits per heavy atom. The molecule has 2 unspecified atom stereocenters. The number of nitrogens with zero attached hydrogens (tertiary/aromatic N) is 2. The largest absolute Gasteiger partial charge is 0.318 e. The van der Waals surface area contributed by atoms with E-state index in [1.165, 1.54) is 18.9 Å². The molecule has 0 aromatic heterocycles. The van der Waals surface area contributed by atoms with Gasteiger partial charge in [0.15, 0.2) is 0 Å². The van der Waals surface area contributed by atoms with Crippen molar-refractivity contribution in [1.82, 2.24) is 4.90 Å². The highest BCUT2D eigenvalue weighted by Crippen LogP contribution is 2.27. The van der Waals surface area contributed by atoms with Crippen molar-refractivity contribution in [3.63, 3.8) is 0 Å². The topological polar surface area (TPSA) is 84.4 Å². The zero-order valence-corrected chi connectivity index (χ0v) is 12.0. The molecule has 1 aliphatic rings. The normalized spacial score (nSPS) is 23.6. The molecule has 2 atom stereocenters. The third-order valence-electron chi connectivity index (χ3n) is 4.07. The number of benzene rings is 1. The van der Waals surface area contributed by atoms with Crippen LogP contribution in [0.15, 0.2) is 18.2 Å². The van der Waals surface area contributed by atoms with Crippen LogP contribution < -0.4 is 11.3 Å². The minimum atomic E-state index is -0.426. The number of piperidine rings is 1.